The van der Waals surface area contributed by atoms with E-state index < -0.39 is 5.41 Å². The minimum absolute atomic E-state index is 0.451. The van der Waals surface area contributed by atoms with Crippen molar-refractivity contribution in [1.82, 2.24) is 4.57 Å². The van der Waals surface area contributed by atoms with E-state index >= 15 is 0 Å². The SMILES string of the molecule is c1ccc(-c2ccccc2-c2ccc(N(c3ccc4c(c3)c3cccc5c3n4-c3ccccc3C53c4ccccc4-c4ccccc43)c3cc4ccccc4c4ccccc34)cc2)cc1. The van der Waals surface area contributed by atoms with Crippen LogP contribution >= 0.6 is 0 Å². The first kappa shape index (κ1) is 36.1. The largest absolute Gasteiger partial charge is 0.310 e. The van der Waals surface area contributed by atoms with Gasteiger partial charge in [0.2, 0.25) is 0 Å². The smallest absolute Gasteiger partial charge is 0.0754 e. The number of fused-ring (bicyclic) bond motifs is 15. The second kappa shape index (κ2) is 13.8. The third-order valence-electron chi connectivity index (χ3n) is 14.4. The minimum Gasteiger partial charge on any atom is -0.310 e. The van der Waals surface area contributed by atoms with E-state index in [2.05, 4.69) is 252 Å². The Morgan fingerprint density at radius 3 is 1.60 bits per heavy atom. The molecular formula is C63H40N2. The van der Waals surface area contributed by atoms with Gasteiger partial charge in [-0.3, -0.25) is 0 Å². The summed E-state index contributed by atoms with van der Waals surface area (Å²) in [5.74, 6) is 0. The molecule has 0 saturated heterocycles. The van der Waals surface area contributed by atoms with E-state index in [9.17, 15) is 0 Å². The van der Waals surface area contributed by atoms with Gasteiger partial charge < -0.3 is 9.47 Å². The van der Waals surface area contributed by atoms with Crippen molar-refractivity contribution in [3.63, 3.8) is 0 Å². The van der Waals surface area contributed by atoms with Gasteiger partial charge in [0.15, 0.2) is 0 Å². The van der Waals surface area contributed by atoms with Crippen LogP contribution < -0.4 is 4.90 Å². The average molecular weight is 825 g/mol. The van der Waals surface area contributed by atoms with Gasteiger partial charge in [-0.05, 0) is 114 Å². The molecule has 2 aliphatic rings. The first-order chi connectivity index (χ1) is 32.3. The van der Waals surface area contributed by atoms with Crippen molar-refractivity contribution in [2.75, 3.05) is 4.90 Å². The third kappa shape index (κ3) is 4.99. The van der Waals surface area contributed by atoms with Gasteiger partial charge in [0, 0.05) is 27.5 Å². The molecule has 0 saturated carbocycles. The molecule has 0 radical (unpaired) electrons. The van der Waals surface area contributed by atoms with Crippen LogP contribution in [0.1, 0.15) is 22.3 Å². The van der Waals surface area contributed by atoms with Crippen LogP contribution in [0.3, 0.4) is 0 Å². The van der Waals surface area contributed by atoms with Gasteiger partial charge in [-0.25, -0.2) is 0 Å². The van der Waals surface area contributed by atoms with Crippen LogP contribution in [0.25, 0.3) is 82.4 Å². The van der Waals surface area contributed by atoms with Crippen molar-refractivity contribution >= 4 is 60.4 Å². The van der Waals surface area contributed by atoms with E-state index in [1.807, 2.05) is 0 Å². The van der Waals surface area contributed by atoms with Crippen LogP contribution in [0.2, 0.25) is 0 Å². The molecule has 0 unspecified atom stereocenters. The van der Waals surface area contributed by atoms with Crippen LogP contribution in [0.5, 0.6) is 0 Å². The topological polar surface area (TPSA) is 8.17 Å². The van der Waals surface area contributed by atoms with Gasteiger partial charge in [-0.2, -0.15) is 0 Å². The molecule has 12 aromatic rings. The van der Waals surface area contributed by atoms with Gasteiger partial charge in [0.05, 0.1) is 27.8 Å². The van der Waals surface area contributed by atoms with Crippen LogP contribution in [0, 0.1) is 0 Å². The Bertz CT molecular complexity index is 3850. The number of benzene rings is 11. The lowest BCUT2D eigenvalue weighted by Gasteiger charge is -2.39. The fraction of sp³-hybridized carbons (Fsp3) is 0.0159. The molecule has 65 heavy (non-hydrogen) atoms. The molecule has 1 aromatic heterocycles. The summed E-state index contributed by atoms with van der Waals surface area (Å²) in [4.78, 5) is 2.48. The molecule has 0 bridgehead atoms. The quantitative estimate of drug-likeness (QED) is 0.157. The Morgan fingerprint density at radius 1 is 0.323 bits per heavy atom. The minimum atomic E-state index is -0.451. The molecule has 2 nitrogen and oxygen atoms in total. The lowest BCUT2D eigenvalue weighted by Crippen LogP contribution is -2.33. The maximum Gasteiger partial charge on any atom is 0.0754 e. The molecule has 0 atom stereocenters. The number of hydrogen-bond donors (Lipinski definition) is 0. The first-order valence-electron chi connectivity index (χ1n) is 22.6. The van der Waals surface area contributed by atoms with E-state index in [1.165, 1.54) is 105 Å². The van der Waals surface area contributed by atoms with Gasteiger partial charge in [-0.15, -0.1) is 0 Å². The molecule has 302 valence electrons. The van der Waals surface area contributed by atoms with Crippen molar-refractivity contribution in [3.8, 4) is 39.1 Å². The summed E-state index contributed by atoms with van der Waals surface area (Å²) < 4.78 is 2.54. The number of anilines is 3. The van der Waals surface area contributed by atoms with Crippen LogP contribution in [0.15, 0.2) is 243 Å². The van der Waals surface area contributed by atoms with Crippen LogP contribution in [-0.2, 0) is 5.41 Å². The van der Waals surface area contributed by atoms with E-state index in [0.29, 0.717) is 0 Å². The predicted octanol–water partition coefficient (Wildman–Crippen LogP) is 16.6. The predicted molar refractivity (Wildman–Crippen MR) is 272 cm³/mol. The summed E-state index contributed by atoms with van der Waals surface area (Å²) in [6.45, 7) is 0. The molecule has 11 aromatic carbocycles. The van der Waals surface area contributed by atoms with Crippen molar-refractivity contribution in [3.05, 3.63) is 265 Å². The molecule has 0 N–H and O–H groups in total. The zero-order valence-electron chi connectivity index (χ0n) is 35.5. The number of aromatic nitrogens is 1. The number of para-hydroxylation sites is 2. The zero-order chi connectivity index (χ0) is 42.6. The standard InChI is InChI=1S/C63H40N2/c1-2-17-41(18-3-1)46-20-6-7-21-47(46)42-33-35-44(36-34-42)64(61-39-43-19-4-5-22-48(43)49-23-8-9-26-52(49)61)45-37-38-59-54(40-45)53-27-16-31-58-62(53)65(59)60-32-15-14-30-57(60)63(58)55-28-12-10-24-50(55)51-25-11-13-29-56(51)63/h1-40H. The summed E-state index contributed by atoms with van der Waals surface area (Å²) in [5.41, 5.74) is 19.4. The molecule has 1 aliphatic carbocycles. The van der Waals surface area contributed by atoms with Crippen LogP contribution in [0.4, 0.5) is 17.1 Å². The van der Waals surface area contributed by atoms with E-state index in [0.717, 1.165) is 17.1 Å². The average Bonchev–Trinajstić information content (AvgIpc) is 3.87. The van der Waals surface area contributed by atoms with Crippen molar-refractivity contribution in [2.45, 2.75) is 5.41 Å². The highest BCUT2D eigenvalue weighted by molar-refractivity contribution is 6.17. The molecule has 0 amide bonds. The van der Waals surface area contributed by atoms with E-state index in [1.54, 1.807) is 0 Å². The van der Waals surface area contributed by atoms with Gasteiger partial charge in [-0.1, -0.05) is 200 Å². The highest BCUT2D eigenvalue weighted by Crippen LogP contribution is 2.61. The lowest BCUT2D eigenvalue weighted by atomic mass is 9.65. The molecular weight excluding hydrogens is 785 g/mol. The highest BCUT2D eigenvalue weighted by Gasteiger charge is 2.50. The second-order valence-electron chi connectivity index (χ2n) is 17.6. The van der Waals surface area contributed by atoms with Crippen LogP contribution in [-0.4, -0.2) is 4.57 Å². The Morgan fingerprint density at radius 2 is 0.862 bits per heavy atom. The molecule has 1 spiro atoms. The summed E-state index contributed by atoms with van der Waals surface area (Å²) >= 11 is 0. The number of nitrogens with zero attached hydrogens (tertiary/aromatic N) is 2. The molecule has 14 rings (SSSR count). The molecule has 1 aliphatic heterocycles. The van der Waals surface area contributed by atoms with Gasteiger partial charge >= 0.3 is 0 Å². The maximum atomic E-state index is 2.54. The normalized spacial score (nSPS) is 13.0. The highest BCUT2D eigenvalue weighted by atomic mass is 15.1. The fourth-order valence-electron chi connectivity index (χ4n) is 11.7. The van der Waals surface area contributed by atoms with Gasteiger partial charge in [0.1, 0.15) is 0 Å². The lowest BCUT2D eigenvalue weighted by molar-refractivity contribution is 0.748. The molecule has 0 fully saturated rings. The molecule has 2 heterocycles. The van der Waals surface area contributed by atoms with Crippen molar-refractivity contribution in [1.29, 1.82) is 0 Å². The zero-order valence-corrected chi connectivity index (χ0v) is 35.5. The Kier molecular flexibility index (Phi) is 7.64. The van der Waals surface area contributed by atoms with E-state index in [-0.39, 0.29) is 0 Å². The van der Waals surface area contributed by atoms with E-state index in [4.69, 9.17) is 0 Å². The van der Waals surface area contributed by atoms with Gasteiger partial charge in [0.25, 0.3) is 0 Å². The fourth-order valence-corrected chi connectivity index (χ4v) is 11.7. The summed E-state index contributed by atoms with van der Waals surface area (Å²) in [7, 11) is 0. The van der Waals surface area contributed by atoms with Crippen molar-refractivity contribution < 1.29 is 0 Å². The Hall–Kier alpha value is -8.46. The summed E-state index contributed by atoms with van der Waals surface area (Å²) in [6, 6.07) is 90.1. The van der Waals surface area contributed by atoms with Crippen molar-refractivity contribution in [2.24, 2.45) is 0 Å². The third-order valence-corrected chi connectivity index (χ3v) is 14.4. The Balaban J connectivity index is 1.02. The number of hydrogen-bond acceptors (Lipinski definition) is 1. The summed E-state index contributed by atoms with van der Waals surface area (Å²) in [5, 5.41) is 7.41. The monoisotopic (exact) mass is 824 g/mol. The summed E-state index contributed by atoms with van der Waals surface area (Å²) in [6.07, 6.45) is 0. The Labute approximate surface area is 377 Å². The second-order valence-corrected chi connectivity index (χ2v) is 17.6. The number of rotatable bonds is 5. The first-order valence-corrected chi connectivity index (χ1v) is 22.6. The molecule has 2 heteroatoms. The maximum absolute atomic E-state index is 2.54.